The number of halogens is 1. The standard InChI is InChI=1S/C15H20FN3O2/c1-17-4-5-18-6-7-19(10-11(18)9-17)15(21)13-8-12(20)2-3-14(13)16/h2-3,8,11,20H,4-7,9-10H2,1H3/t11-/m1/s1. The van der Waals surface area contributed by atoms with Crippen LogP contribution in [-0.4, -0.2) is 78.1 Å². The van der Waals surface area contributed by atoms with Crippen molar-refractivity contribution >= 4 is 5.91 Å². The summed E-state index contributed by atoms with van der Waals surface area (Å²) in [7, 11) is 2.08. The largest absolute Gasteiger partial charge is 0.508 e. The molecule has 2 saturated heterocycles. The summed E-state index contributed by atoms with van der Waals surface area (Å²) in [5, 5.41) is 9.45. The van der Waals surface area contributed by atoms with Crippen LogP contribution in [0.5, 0.6) is 5.75 Å². The van der Waals surface area contributed by atoms with E-state index in [1.165, 1.54) is 12.1 Å². The molecule has 21 heavy (non-hydrogen) atoms. The van der Waals surface area contributed by atoms with Crippen LogP contribution in [0.1, 0.15) is 10.4 Å². The van der Waals surface area contributed by atoms with Gasteiger partial charge in [-0.1, -0.05) is 0 Å². The van der Waals surface area contributed by atoms with Crippen molar-refractivity contribution in [3.05, 3.63) is 29.6 Å². The van der Waals surface area contributed by atoms with E-state index < -0.39 is 5.82 Å². The number of carbonyl (C=O) groups excluding carboxylic acids is 1. The summed E-state index contributed by atoms with van der Waals surface area (Å²) in [6.07, 6.45) is 0. The Labute approximate surface area is 123 Å². The Hall–Kier alpha value is -1.66. The third-order valence-corrected chi connectivity index (χ3v) is 4.36. The molecule has 0 spiro atoms. The molecule has 2 heterocycles. The Kier molecular flexibility index (Phi) is 3.82. The SMILES string of the molecule is CN1CCN2CCN(C(=O)c3cc(O)ccc3F)C[C@H]2C1. The molecule has 0 saturated carbocycles. The number of piperazine rings is 2. The number of phenols is 1. The number of amides is 1. The highest BCUT2D eigenvalue weighted by Gasteiger charge is 2.33. The van der Waals surface area contributed by atoms with Crippen LogP contribution in [0.15, 0.2) is 18.2 Å². The average Bonchev–Trinajstić information content (AvgIpc) is 2.48. The van der Waals surface area contributed by atoms with Gasteiger partial charge in [0.05, 0.1) is 5.56 Å². The van der Waals surface area contributed by atoms with Gasteiger partial charge in [0.1, 0.15) is 11.6 Å². The van der Waals surface area contributed by atoms with E-state index in [0.29, 0.717) is 19.1 Å². The first kappa shape index (κ1) is 14.3. The molecule has 2 aliphatic heterocycles. The highest BCUT2D eigenvalue weighted by molar-refractivity contribution is 5.95. The maximum Gasteiger partial charge on any atom is 0.257 e. The molecule has 0 radical (unpaired) electrons. The Morgan fingerprint density at radius 1 is 1.24 bits per heavy atom. The molecule has 1 amide bonds. The van der Waals surface area contributed by atoms with Crippen LogP contribution in [0, 0.1) is 5.82 Å². The van der Waals surface area contributed by atoms with E-state index in [1.807, 2.05) is 0 Å². The first-order valence-electron chi connectivity index (χ1n) is 7.25. The molecule has 6 heteroatoms. The van der Waals surface area contributed by atoms with Crippen LogP contribution in [-0.2, 0) is 0 Å². The highest BCUT2D eigenvalue weighted by Crippen LogP contribution is 2.20. The summed E-state index contributed by atoms with van der Waals surface area (Å²) < 4.78 is 13.8. The van der Waals surface area contributed by atoms with Crippen molar-refractivity contribution < 1.29 is 14.3 Å². The minimum Gasteiger partial charge on any atom is -0.508 e. The summed E-state index contributed by atoms with van der Waals surface area (Å²) in [6.45, 7) is 5.03. The number of nitrogens with zero attached hydrogens (tertiary/aromatic N) is 3. The minimum atomic E-state index is -0.582. The van der Waals surface area contributed by atoms with Crippen molar-refractivity contribution in [1.82, 2.24) is 14.7 Å². The number of aromatic hydroxyl groups is 1. The van der Waals surface area contributed by atoms with Crippen LogP contribution in [0.4, 0.5) is 4.39 Å². The van der Waals surface area contributed by atoms with Crippen LogP contribution in [0.25, 0.3) is 0 Å². The lowest BCUT2D eigenvalue weighted by atomic mass is 10.1. The Morgan fingerprint density at radius 3 is 2.81 bits per heavy atom. The predicted octanol–water partition coefficient (Wildman–Crippen LogP) is 0.603. The van der Waals surface area contributed by atoms with Crippen LogP contribution in [0.2, 0.25) is 0 Å². The number of hydrogen-bond acceptors (Lipinski definition) is 4. The fourth-order valence-electron chi connectivity index (χ4n) is 3.14. The van der Waals surface area contributed by atoms with Crippen LogP contribution >= 0.6 is 0 Å². The number of hydrogen-bond donors (Lipinski definition) is 1. The van der Waals surface area contributed by atoms with Gasteiger partial charge in [0.15, 0.2) is 0 Å². The molecular formula is C15H20FN3O2. The van der Waals surface area contributed by atoms with Crippen LogP contribution in [0.3, 0.4) is 0 Å². The molecule has 3 rings (SSSR count). The second kappa shape index (κ2) is 5.61. The summed E-state index contributed by atoms with van der Waals surface area (Å²) in [5.74, 6) is -1.01. The molecule has 2 fully saturated rings. The van der Waals surface area contributed by atoms with E-state index in [0.717, 1.165) is 32.2 Å². The second-order valence-corrected chi connectivity index (χ2v) is 5.87. The van der Waals surface area contributed by atoms with E-state index in [-0.39, 0.29) is 17.2 Å². The molecule has 1 atom stereocenters. The number of rotatable bonds is 1. The molecule has 1 aromatic carbocycles. The third kappa shape index (κ3) is 2.87. The molecular weight excluding hydrogens is 273 g/mol. The zero-order valence-corrected chi connectivity index (χ0v) is 12.1. The normalized spacial score (nSPS) is 23.9. The number of fused-ring (bicyclic) bond motifs is 1. The molecule has 0 unspecified atom stereocenters. The molecule has 2 aliphatic rings. The molecule has 114 valence electrons. The first-order chi connectivity index (χ1) is 10.0. The van der Waals surface area contributed by atoms with Crippen LogP contribution < -0.4 is 0 Å². The zero-order valence-electron chi connectivity index (χ0n) is 12.1. The second-order valence-electron chi connectivity index (χ2n) is 5.87. The van der Waals surface area contributed by atoms with E-state index in [9.17, 15) is 14.3 Å². The highest BCUT2D eigenvalue weighted by atomic mass is 19.1. The van der Waals surface area contributed by atoms with E-state index in [2.05, 4.69) is 16.8 Å². The maximum absolute atomic E-state index is 13.8. The fourth-order valence-corrected chi connectivity index (χ4v) is 3.14. The van der Waals surface area contributed by atoms with Gasteiger partial charge >= 0.3 is 0 Å². The van der Waals surface area contributed by atoms with Crippen molar-refractivity contribution in [2.75, 3.05) is 46.3 Å². The molecule has 1 N–H and O–H groups in total. The maximum atomic E-state index is 13.8. The van der Waals surface area contributed by atoms with Gasteiger partial charge < -0.3 is 14.9 Å². The number of phenolic OH excluding ortho intramolecular Hbond substituents is 1. The number of likely N-dealkylation sites (N-methyl/N-ethyl adjacent to an activating group) is 1. The third-order valence-electron chi connectivity index (χ3n) is 4.36. The van der Waals surface area contributed by atoms with E-state index in [4.69, 9.17) is 0 Å². The zero-order chi connectivity index (χ0) is 15.0. The van der Waals surface area contributed by atoms with Gasteiger partial charge in [0.2, 0.25) is 0 Å². The van der Waals surface area contributed by atoms with Crippen molar-refractivity contribution in [3.63, 3.8) is 0 Å². The van der Waals surface area contributed by atoms with Crippen molar-refractivity contribution in [2.45, 2.75) is 6.04 Å². The van der Waals surface area contributed by atoms with Gasteiger partial charge in [-0.25, -0.2) is 4.39 Å². The molecule has 5 nitrogen and oxygen atoms in total. The fraction of sp³-hybridized carbons (Fsp3) is 0.533. The average molecular weight is 293 g/mol. The van der Waals surface area contributed by atoms with Gasteiger partial charge in [0.25, 0.3) is 5.91 Å². The minimum absolute atomic E-state index is 0.0485. The number of benzene rings is 1. The molecule has 0 aromatic heterocycles. The number of carbonyl (C=O) groups is 1. The smallest absolute Gasteiger partial charge is 0.257 e. The van der Waals surface area contributed by atoms with Gasteiger partial charge in [-0.3, -0.25) is 9.69 Å². The summed E-state index contributed by atoms with van der Waals surface area (Å²) in [5.41, 5.74) is -0.0485. The first-order valence-corrected chi connectivity index (χ1v) is 7.25. The van der Waals surface area contributed by atoms with Crippen molar-refractivity contribution in [3.8, 4) is 5.75 Å². The lowest BCUT2D eigenvalue weighted by Crippen LogP contribution is -2.62. The lowest BCUT2D eigenvalue weighted by molar-refractivity contribution is 0.0187. The van der Waals surface area contributed by atoms with Gasteiger partial charge in [-0.2, -0.15) is 0 Å². The topological polar surface area (TPSA) is 47.0 Å². The summed E-state index contributed by atoms with van der Waals surface area (Å²) in [4.78, 5) is 18.8. The Morgan fingerprint density at radius 2 is 2.00 bits per heavy atom. The quantitative estimate of drug-likeness (QED) is 0.824. The van der Waals surface area contributed by atoms with Crippen molar-refractivity contribution in [1.29, 1.82) is 0 Å². The summed E-state index contributed by atoms with van der Waals surface area (Å²) >= 11 is 0. The van der Waals surface area contributed by atoms with E-state index in [1.54, 1.807) is 4.90 Å². The predicted molar refractivity (Wildman–Crippen MR) is 76.8 cm³/mol. The van der Waals surface area contributed by atoms with E-state index >= 15 is 0 Å². The van der Waals surface area contributed by atoms with Gasteiger partial charge in [0, 0.05) is 45.3 Å². The molecule has 1 aromatic rings. The lowest BCUT2D eigenvalue weighted by Gasteiger charge is -2.46. The van der Waals surface area contributed by atoms with Gasteiger partial charge in [-0.15, -0.1) is 0 Å². The molecule has 0 aliphatic carbocycles. The monoisotopic (exact) mass is 293 g/mol. The Balaban J connectivity index is 1.75. The summed E-state index contributed by atoms with van der Waals surface area (Å²) in [6, 6.07) is 3.89. The van der Waals surface area contributed by atoms with Gasteiger partial charge in [-0.05, 0) is 25.2 Å². The Bertz CT molecular complexity index is 552. The molecule has 0 bridgehead atoms. The van der Waals surface area contributed by atoms with Crippen molar-refractivity contribution in [2.24, 2.45) is 0 Å².